The van der Waals surface area contributed by atoms with Crippen LogP contribution in [0.15, 0.2) is 16.6 Å². The first-order chi connectivity index (χ1) is 10.2. The first-order valence-corrected chi connectivity index (χ1v) is 7.39. The smallest absolute Gasteiger partial charge is 0.243 e. The third kappa shape index (κ3) is 3.63. The van der Waals surface area contributed by atoms with Gasteiger partial charge in [0, 0.05) is 13.1 Å². The SMILES string of the molecule is CCCn1nnnc1NCc1cc(Br)c(OC)c(OC)c1. The number of rotatable bonds is 7. The molecule has 0 spiro atoms. The van der Waals surface area contributed by atoms with E-state index in [-0.39, 0.29) is 0 Å². The molecule has 0 unspecified atom stereocenters. The maximum Gasteiger partial charge on any atom is 0.243 e. The molecule has 0 saturated heterocycles. The van der Waals surface area contributed by atoms with E-state index in [1.54, 1.807) is 18.9 Å². The van der Waals surface area contributed by atoms with Gasteiger partial charge in [-0.2, -0.15) is 0 Å². The fraction of sp³-hybridized carbons (Fsp3) is 0.462. The van der Waals surface area contributed by atoms with Crippen LogP contribution < -0.4 is 14.8 Å². The molecule has 0 saturated carbocycles. The third-order valence-corrected chi connectivity index (χ3v) is 3.50. The third-order valence-electron chi connectivity index (χ3n) is 2.91. The molecule has 8 heteroatoms. The summed E-state index contributed by atoms with van der Waals surface area (Å²) < 4.78 is 13.2. The highest BCUT2D eigenvalue weighted by Crippen LogP contribution is 2.36. The van der Waals surface area contributed by atoms with Crippen LogP contribution in [0.5, 0.6) is 11.5 Å². The Morgan fingerprint density at radius 3 is 2.76 bits per heavy atom. The number of benzene rings is 1. The second-order valence-corrected chi connectivity index (χ2v) is 5.25. The van der Waals surface area contributed by atoms with Crippen LogP contribution in [0.1, 0.15) is 18.9 Å². The Hall–Kier alpha value is -1.83. The lowest BCUT2D eigenvalue weighted by Gasteiger charge is -2.12. The summed E-state index contributed by atoms with van der Waals surface area (Å²) >= 11 is 3.48. The van der Waals surface area contributed by atoms with Gasteiger partial charge in [0.15, 0.2) is 11.5 Å². The van der Waals surface area contributed by atoms with E-state index in [1.165, 1.54) is 0 Å². The van der Waals surface area contributed by atoms with Crippen molar-refractivity contribution in [1.82, 2.24) is 20.2 Å². The minimum atomic E-state index is 0.586. The van der Waals surface area contributed by atoms with Gasteiger partial charge in [-0.1, -0.05) is 12.0 Å². The molecule has 0 aliphatic carbocycles. The monoisotopic (exact) mass is 355 g/mol. The minimum Gasteiger partial charge on any atom is -0.493 e. The lowest BCUT2D eigenvalue weighted by atomic mass is 10.2. The maximum atomic E-state index is 5.33. The Kier molecular flexibility index (Phi) is 5.38. The number of nitrogens with one attached hydrogen (secondary N) is 1. The van der Waals surface area contributed by atoms with Crippen molar-refractivity contribution in [2.45, 2.75) is 26.4 Å². The van der Waals surface area contributed by atoms with Crippen molar-refractivity contribution in [3.05, 3.63) is 22.2 Å². The molecule has 0 radical (unpaired) electrons. The fourth-order valence-corrected chi connectivity index (χ4v) is 2.60. The fourth-order valence-electron chi connectivity index (χ4n) is 1.95. The highest BCUT2D eigenvalue weighted by Gasteiger charge is 2.11. The molecular weight excluding hydrogens is 338 g/mol. The molecule has 114 valence electrons. The van der Waals surface area contributed by atoms with Gasteiger partial charge >= 0.3 is 0 Å². The Bertz CT molecular complexity index is 602. The van der Waals surface area contributed by atoms with Crippen molar-refractivity contribution in [3.8, 4) is 11.5 Å². The molecule has 7 nitrogen and oxygen atoms in total. The van der Waals surface area contributed by atoms with Gasteiger partial charge in [-0.05, 0) is 50.5 Å². The molecule has 2 aromatic rings. The molecule has 0 aliphatic rings. The van der Waals surface area contributed by atoms with Crippen molar-refractivity contribution < 1.29 is 9.47 Å². The van der Waals surface area contributed by atoms with E-state index in [2.05, 4.69) is 43.7 Å². The van der Waals surface area contributed by atoms with Crippen LogP contribution in [0.25, 0.3) is 0 Å². The summed E-state index contributed by atoms with van der Waals surface area (Å²) in [6.45, 7) is 3.45. The van der Waals surface area contributed by atoms with E-state index in [0.29, 0.717) is 24.0 Å². The largest absolute Gasteiger partial charge is 0.493 e. The first-order valence-electron chi connectivity index (χ1n) is 6.60. The van der Waals surface area contributed by atoms with Crippen LogP contribution in [0.2, 0.25) is 0 Å². The highest BCUT2D eigenvalue weighted by atomic mass is 79.9. The number of aromatic nitrogens is 4. The van der Waals surface area contributed by atoms with Gasteiger partial charge in [0.25, 0.3) is 0 Å². The number of aryl methyl sites for hydroxylation is 1. The van der Waals surface area contributed by atoms with Gasteiger partial charge < -0.3 is 14.8 Å². The topological polar surface area (TPSA) is 74.1 Å². The standard InChI is InChI=1S/C13H18BrN5O2/c1-4-5-19-13(16-17-18-19)15-8-9-6-10(14)12(21-3)11(7-9)20-2/h6-7H,4-5,8H2,1-3H3,(H,15,16,18). The number of methoxy groups -OCH3 is 2. The van der Waals surface area contributed by atoms with Crippen LogP contribution in [-0.4, -0.2) is 34.4 Å². The average molecular weight is 356 g/mol. The number of tetrazole rings is 1. The molecule has 1 heterocycles. The van der Waals surface area contributed by atoms with E-state index in [0.717, 1.165) is 23.0 Å². The van der Waals surface area contributed by atoms with E-state index in [4.69, 9.17) is 9.47 Å². The van der Waals surface area contributed by atoms with Crippen LogP contribution >= 0.6 is 15.9 Å². The number of nitrogens with zero attached hydrogens (tertiary/aromatic N) is 4. The summed E-state index contributed by atoms with van der Waals surface area (Å²) in [6, 6.07) is 3.90. The van der Waals surface area contributed by atoms with E-state index in [1.807, 2.05) is 12.1 Å². The number of hydrogen-bond donors (Lipinski definition) is 1. The van der Waals surface area contributed by atoms with Gasteiger partial charge in [0.05, 0.1) is 18.7 Å². The first kappa shape index (κ1) is 15.6. The van der Waals surface area contributed by atoms with Crippen LogP contribution in [0, 0.1) is 0 Å². The van der Waals surface area contributed by atoms with Gasteiger partial charge in [-0.25, -0.2) is 4.68 Å². The van der Waals surface area contributed by atoms with Crippen LogP contribution in [-0.2, 0) is 13.1 Å². The maximum absolute atomic E-state index is 5.33. The normalized spacial score (nSPS) is 10.5. The summed E-state index contributed by atoms with van der Waals surface area (Å²) in [4.78, 5) is 0. The van der Waals surface area contributed by atoms with Gasteiger partial charge in [0.2, 0.25) is 5.95 Å². The predicted octanol–water partition coefficient (Wildman–Crippen LogP) is 2.47. The second kappa shape index (κ2) is 7.26. The van der Waals surface area contributed by atoms with Gasteiger partial charge in [0.1, 0.15) is 0 Å². The van der Waals surface area contributed by atoms with Crippen LogP contribution in [0.3, 0.4) is 0 Å². The lowest BCUT2D eigenvalue weighted by Crippen LogP contribution is -2.09. The van der Waals surface area contributed by atoms with Gasteiger partial charge in [-0.15, -0.1) is 0 Å². The zero-order valence-corrected chi connectivity index (χ0v) is 13.8. The quantitative estimate of drug-likeness (QED) is 0.822. The molecule has 1 aromatic carbocycles. The summed E-state index contributed by atoms with van der Waals surface area (Å²) in [5.41, 5.74) is 1.03. The Morgan fingerprint density at radius 1 is 1.29 bits per heavy atom. The second-order valence-electron chi connectivity index (χ2n) is 4.39. The summed E-state index contributed by atoms with van der Waals surface area (Å²) in [7, 11) is 3.22. The number of anilines is 1. The summed E-state index contributed by atoms with van der Waals surface area (Å²) in [5.74, 6) is 2.01. The van der Waals surface area contributed by atoms with Crippen molar-refractivity contribution in [2.24, 2.45) is 0 Å². The molecule has 0 atom stereocenters. The van der Waals surface area contributed by atoms with Crippen molar-refractivity contribution in [3.63, 3.8) is 0 Å². The summed E-state index contributed by atoms with van der Waals surface area (Å²) in [5, 5.41) is 14.8. The van der Waals surface area contributed by atoms with Crippen molar-refractivity contribution in [1.29, 1.82) is 0 Å². The minimum absolute atomic E-state index is 0.586. The van der Waals surface area contributed by atoms with E-state index < -0.39 is 0 Å². The Morgan fingerprint density at radius 2 is 2.10 bits per heavy atom. The molecule has 1 N–H and O–H groups in total. The lowest BCUT2D eigenvalue weighted by molar-refractivity contribution is 0.352. The predicted molar refractivity (Wildman–Crippen MR) is 82.7 cm³/mol. The van der Waals surface area contributed by atoms with E-state index >= 15 is 0 Å². The average Bonchev–Trinajstić information content (AvgIpc) is 2.92. The number of halogens is 1. The van der Waals surface area contributed by atoms with Gasteiger partial charge in [-0.3, -0.25) is 0 Å². The van der Waals surface area contributed by atoms with Crippen molar-refractivity contribution in [2.75, 3.05) is 19.5 Å². The molecule has 0 bridgehead atoms. The molecule has 0 aliphatic heterocycles. The zero-order valence-electron chi connectivity index (χ0n) is 12.3. The number of ether oxygens (including phenoxy) is 2. The van der Waals surface area contributed by atoms with Crippen LogP contribution in [0.4, 0.5) is 5.95 Å². The molecule has 2 rings (SSSR count). The molecule has 0 fully saturated rings. The van der Waals surface area contributed by atoms with Crippen molar-refractivity contribution >= 4 is 21.9 Å². The molecule has 1 aromatic heterocycles. The Labute approximate surface area is 131 Å². The Balaban J connectivity index is 2.13. The van der Waals surface area contributed by atoms with E-state index in [9.17, 15) is 0 Å². The summed E-state index contributed by atoms with van der Waals surface area (Å²) in [6.07, 6.45) is 0.974. The highest BCUT2D eigenvalue weighted by molar-refractivity contribution is 9.10. The molecule has 0 amide bonds. The molecular formula is C13H18BrN5O2. The zero-order chi connectivity index (χ0) is 15.2. The molecule has 21 heavy (non-hydrogen) atoms. The number of hydrogen-bond acceptors (Lipinski definition) is 6.